The van der Waals surface area contributed by atoms with Gasteiger partial charge >= 0.3 is 0 Å². The fourth-order valence-corrected chi connectivity index (χ4v) is 4.60. The van der Waals surface area contributed by atoms with E-state index >= 15 is 4.39 Å². The van der Waals surface area contributed by atoms with Crippen LogP contribution in [0, 0.1) is 11.7 Å². The quantitative estimate of drug-likeness (QED) is 0.375. The molecule has 0 aliphatic heterocycles. The van der Waals surface area contributed by atoms with Gasteiger partial charge in [-0.2, -0.15) is 0 Å². The van der Waals surface area contributed by atoms with Crippen LogP contribution >= 0.6 is 0 Å². The van der Waals surface area contributed by atoms with Crippen LogP contribution in [0.2, 0.25) is 0 Å². The Morgan fingerprint density at radius 3 is 2.34 bits per heavy atom. The summed E-state index contributed by atoms with van der Waals surface area (Å²) in [5.41, 5.74) is 4.20. The molecule has 0 bridgehead atoms. The zero-order valence-electron chi connectivity index (χ0n) is 17.0. The topological polar surface area (TPSA) is 0 Å². The Morgan fingerprint density at radius 2 is 1.66 bits per heavy atom. The second kappa shape index (κ2) is 8.78. The summed E-state index contributed by atoms with van der Waals surface area (Å²) in [7, 11) is 0. The smallest absolute Gasteiger partial charge is 0.138 e. The molecule has 0 radical (unpaired) electrons. The monoisotopic (exact) mass is 384 g/mol. The molecule has 0 N–H and O–H groups in total. The van der Waals surface area contributed by atoms with Crippen molar-refractivity contribution in [2.24, 2.45) is 5.92 Å². The van der Waals surface area contributed by atoms with Crippen LogP contribution in [0.1, 0.15) is 49.1 Å². The van der Waals surface area contributed by atoms with Gasteiger partial charge in [-0.25, -0.2) is 4.39 Å². The van der Waals surface area contributed by atoms with E-state index in [1.165, 1.54) is 36.8 Å². The van der Waals surface area contributed by atoms with E-state index in [2.05, 4.69) is 49.6 Å². The van der Waals surface area contributed by atoms with Gasteiger partial charge in [0.2, 0.25) is 0 Å². The minimum atomic E-state index is -0.122. The Labute approximate surface area is 173 Å². The lowest BCUT2D eigenvalue weighted by Gasteiger charge is -2.27. The molecule has 1 fully saturated rings. The Balaban J connectivity index is 1.59. The van der Waals surface area contributed by atoms with Crippen molar-refractivity contribution in [2.45, 2.75) is 44.4 Å². The molecule has 1 aliphatic carbocycles. The highest BCUT2D eigenvalue weighted by Gasteiger charge is 2.21. The first-order chi connectivity index (χ1) is 14.2. The van der Waals surface area contributed by atoms with Crippen LogP contribution in [-0.4, -0.2) is 0 Å². The first-order valence-electron chi connectivity index (χ1n) is 10.7. The predicted octanol–water partition coefficient (Wildman–Crippen LogP) is 8.22. The van der Waals surface area contributed by atoms with Gasteiger partial charge in [0.05, 0.1) is 0 Å². The normalized spacial score (nSPS) is 19.2. The fourth-order valence-electron chi connectivity index (χ4n) is 4.60. The molecule has 0 heterocycles. The summed E-state index contributed by atoms with van der Waals surface area (Å²) in [5, 5.41) is 1.71. The third kappa shape index (κ3) is 4.19. The summed E-state index contributed by atoms with van der Waals surface area (Å²) >= 11 is 0. The van der Waals surface area contributed by atoms with Crippen LogP contribution in [0.3, 0.4) is 0 Å². The van der Waals surface area contributed by atoms with Gasteiger partial charge < -0.3 is 0 Å². The highest BCUT2D eigenvalue weighted by atomic mass is 19.1. The number of benzene rings is 3. The van der Waals surface area contributed by atoms with Gasteiger partial charge in [0.1, 0.15) is 5.82 Å². The maximum Gasteiger partial charge on any atom is 0.138 e. The number of hydrogen-bond donors (Lipinski definition) is 0. The fraction of sp³-hybridized carbons (Fsp3) is 0.286. The van der Waals surface area contributed by atoms with Crippen molar-refractivity contribution in [1.82, 2.24) is 0 Å². The Kier molecular flexibility index (Phi) is 5.94. The molecule has 1 heteroatoms. The molecule has 0 atom stereocenters. The van der Waals surface area contributed by atoms with Gasteiger partial charge in [0, 0.05) is 10.9 Å². The van der Waals surface area contributed by atoms with Gasteiger partial charge in [-0.3, -0.25) is 0 Å². The maximum absolute atomic E-state index is 15.3. The molecule has 0 saturated heterocycles. The first-order valence-corrected chi connectivity index (χ1v) is 10.7. The van der Waals surface area contributed by atoms with Crippen LogP contribution in [0.15, 0.2) is 79.9 Å². The zero-order chi connectivity index (χ0) is 20.2. The second-order valence-corrected chi connectivity index (χ2v) is 8.28. The minimum Gasteiger partial charge on any atom is -0.206 e. The largest absolute Gasteiger partial charge is 0.206 e. The second-order valence-electron chi connectivity index (χ2n) is 8.28. The van der Waals surface area contributed by atoms with E-state index < -0.39 is 0 Å². The number of allylic oxidation sites excluding steroid dienone is 2. The molecule has 0 spiro atoms. The Hall–Kier alpha value is -2.67. The third-order valence-electron chi connectivity index (χ3n) is 6.46. The van der Waals surface area contributed by atoms with Crippen molar-refractivity contribution in [3.8, 4) is 11.1 Å². The molecule has 1 aliphatic rings. The van der Waals surface area contributed by atoms with Gasteiger partial charge in [-0.05, 0) is 72.4 Å². The summed E-state index contributed by atoms with van der Waals surface area (Å²) in [6, 6.07) is 18.5. The molecule has 0 amide bonds. The van der Waals surface area contributed by atoms with E-state index in [-0.39, 0.29) is 5.82 Å². The van der Waals surface area contributed by atoms with Gasteiger partial charge in [-0.1, -0.05) is 66.7 Å². The van der Waals surface area contributed by atoms with E-state index in [0.29, 0.717) is 22.8 Å². The first kappa shape index (κ1) is 19.6. The van der Waals surface area contributed by atoms with E-state index in [1.54, 1.807) is 0 Å². The molecular weight excluding hydrogens is 355 g/mol. The van der Waals surface area contributed by atoms with E-state index in [9.17, 15) is 0 Å². The number of rotatable bonds is 6. The molecule has 29 heavy (non-hydrogen) atoms. The van der Waals surface area contributed by atoms with Crippen LogP contribution in [0.25, 0.3) is 21.9 Å². The summed E-state index contributed by atoms with van der Waals surface area (Å²) in [6.07, 6.45) is 10.8. The molecule has 3 aromatic carbocycles. The van der Waals surface area contributed by atoms with Gasteiger partial charge in [0.25, 0.3) is 0 Å². The molecule has 0 nitrogen and oxygen atoms in total. The van der Waals surface area contributed by atoms with Crippen LogP contribution in [0.4, 0.5) is 4.39 Å². The molecule has 3 aromatic rings. The molecule has 0 aromatic heterocycles. The predicted molar refractivity (Wildman–Crippen MR) is 123 cm³/mol. The summed E-state index contributed by atoms with van der Waals surface area (Å²) in [4.78, 5) is 0. The van der Waals surface area contributed by atoms with Gasteiger partial charge in [-0.15, -0.1) is 13.2 Å². The average Bonchev–Trinajstić information content (AvgIpc) is 2.78. The SMILES string of the molecule is C=CCCc1ccc(-c2ccc3cc(C4CCC(C=C)CC4)ccc3c2F)cc1. The van der Waals surface area contributed by atoms with Crippen molar-refractivity contribution in [1.29, 1.82) is 0 Å². The summed E-state index contributed by atoms with van der Waals surface area (Å²) in [6.45, 7) is 7.71. The summed E-state index contributed by atoms with van der Waals surface area (Å²) < 4.78 is 15.3. The van der Waals surface area contributed by atoms with Crippen LogP contribution < -0.4 is 0 Å². The molecular formula is C28H29F. The van der Waals surface area contributed by atoms with Crippen LogP contribution in [-0.2, 0) is 6.42 Å². The molecule has 0 unspecified atom stereocenters. The van der Waals surface area contributed by atoms with Gasteiger partial charge in [0.15, 0.2) is 0 Å². The molecule has 4 rings (SSSR count). The number of aryl methyl sites for hydroxylation is 1. The van der Waals surface area contributed by atoms with Crippen molar-refractivity contribution in [2.75, 3.05) is 0 Å². The number of hydrogen-bond acceptors (Lipinski definition) is 0. The Bertz CT molecular complexity index is 1000. The number of halogens is 1. The highest BCUT2D eigenvalue weighted by molar-refractivity contribution is 5.89. The standard InChI is InChI=1S/C28H29F/c1-3-5-6-21-9-13-23(14-10-21)26-18-16-25-19-24(15-17-27(25)28(26)29)22-11-7-20(4-2)8-12-22/h3-4,9-10,13-20,22H,1-2,5-8,11-12H2. The minimum absolute atomic E-state index is 0.122. The Morgan fingerprint density at radius 1 is 0.897 bits per heavy atom. The molecule has 1 saturated carbocycles. The van der Waals surface area contributed by atoms with Crippen molar-refractivity contribution >= 4 is 10.8 Å². The summed E-state index contributed by atoms with van der Waals surface area (Å²) in [5.74, 6) is 1.12. The van der Waals surface area contributed by atoms with Crippen LogP contribution in [0.5, 0.6) is 0 Å². The van der Waals surface area contributed by atoms with Crippen molar-refractivity contribution in [3.05, 3.63) is 96.9 Å². The van der Waals surface area contributed by atoms with E-state index in [4.69, 9.17) is 0 Å². The molecule has 148 valence electrons. The van der Waals surface area contributed by atoms with E-state index in [1.807, 2.05) is 30.3 Å². The lowest BCUT2D eigenvalue weighted by atomic mass is 9.78. The number of fused-ring (bicyclic) bond motifs is 1. The van der Waals surface area contributed by atoms with Crippen molar-refractivity contribution in [3.63, 3.8) is 0 Å². The van der Waals surface area contributed by atoms with E-state index in [0.717, 1.165) is 23.8 Å². The third-order valence-corrected chi connectivity index (χ3v) is 6.46. The highest BCUT2D eigenvalue weighted by Crippen LogP contribution is 2.38. The lowest BCUT2D eigenvalue weighted by molar-refractivity contribution is 0.376. The maximum atomic E-state index is 15.3. The lowest BCUT2D eigenvalue weighted by Crippen LogP contribution is -2.11. The van der Waals surface area contributed by atoms with Crippen molar-refractivity contribution < 1.29 is 4.39 Å². The zero-order valence-corrected chi connectivity index (χ0v) is 17.0. The average molecular weight is 385 g/mol.